The number of nitrogens with one attached hydrogen (secondary N) is 2. The number of non-ortho nitro benzene ring substituents is 1. The molecule has 2 rings (SSSR count). The van der Waals surface area contributed by atoms with Gasteiger partial charge in [0.2, 0.25) is 5.91 Å². The number of hydrogen-bond acceptors (Lipinski definition) is 6. The lowest BCUT2D eigenvalue weighted by molar-refractivity contribution is -0.384. The Kier molecular flexibility index (Phi) is 5.11. The van der Waals surface area contributed by atoms with Gasteiger partial charge in [-0.1, -0.05) is 0 Å². The Morgan fingerprint density at radius 3 is 2.44 bits per heavy atom. The highest BCUT2D eigenvalue weighted by atomic mass is 16.6. The molecule has 0 spiro atoms. The number of nitrogens with zero attached hydrogens (tertiary/aromatic N) is 4. The van der Waals surface area contributed by atoms with Gasteiger partial charge in [0.25, 0.3) is 5.69 Å². The molecular formula is C15H18N6O4. The summed E-state index contributed by atoms with van der Waals surface area (Å²) < 4.78 is 1.27. The molecule has 0 saturated heterocycles. The number of amides is 3. The van der Waals surface area contributed by atoms with Gasteiger partial charge in [0, 0.05) is 23.2 Å². The van der Waals surface area contributed by atoms with Crippen molar-refractivity contribution >= 4 is 17.6 Å². The normalized spacial score (nSPS) is 11.0. The number of carbonyl (C=O) groups is 2. The molecule has 0 aliphatic rings. The number of carbonyl (C=O) groups excluding carboxylic acids is 2. The maximum Gasteiger partial charge on any atom is 0.321 e. The number of hydrogen-bond donors (Lipinski definition) is 2. The lowest BCUT2D eigenvalue weighted by Crippen LogP contribution is -2.48. The molecule has 2 N–H and O–H groups in total. The second-order valence-electron chi connectivity index (χ2n) is 6.32. The molecule has 25 heavy (non-hydrogen) atoms. The fourth-order valence-corrected chi connectivity index (χ4v) is 1.92. The zero-order valence-corrected chi connectivity index (χ0v) is 14.0. The number of aromatic nitrogens is 3. The van der Waals surface area contributed by atoms with Crippen LogP contribution in [0.2, 0.25) is 0 Å². The second kappa shape index (κ2) is 7.07. The monoisotopic (exact) mass is 346 g/mol. The first kappa shape index (κ1) is 18.0. The summed E-state index contributed by atoms with van der Waals surface area (Å²) in [6.45, 7) is 5.21. The summed E-state index contributed by atoms with van der Waals surface area (Å²) in [6, 6.07) is 5.15. The van der Waals surface area contributed by atoms with Gasteiger partial charge >= 0.3 is 6.03 Å². The lowest BCUT2D eigenvalue weighted by Gasteiger charge is -2.20. The van der Waals surface area contributed by atoms with Crippen molar-refractivity contribution in [2.75, 3.05) is 0 Å². The SMILES string of the molecule is CC(C)(C)NC(=O)NC(=O)Cn1cnc(-c2ccc([N+](=O)[O-])cc2)n1. The van der Waals surface area contributed by atoms with Gasteiger partial charge in [-0.05, 0) is 32.9 Å². The molecule has 1 heterocycles. The fourth-order valence-electron chi connectivity index (χ4n) is 1.92. The second-order valence-corrected chi connectivity index (χ2v) is 6.32. The average Bonchev–Trinajstić information content (AvgIpc) is 2.93. The van der Waals surface area contributed by atoms with Gasteiger partial charge in [-0.15, -0.1) is 0 Å². The maximum absolute atomic E-state index is 11.8. The molecule has 0 unspecified atom stereocenters. The van der Waals surface area contributed by atoms with Crippen LogP contribution in [0.5, 0.6) is 0 Å². The van der Waals surface area contributed by atoms with Gasteiger partial charge in [-0.3, -0.25) is 20.2 Å². The van der Waals surface area contributed by atoms with Crippen LogP contribution in [0.15, 0.2) is 30.6 Å². The van der Waals surface area contributed by atoms with Crippen LogP contribution in [0.1, 0.15) is 20.8 Å². The summed E-state index contributed by atoms with van der Waals surface area (Å²) in [6.07, 6.45) is 1.35. The van der Waals surface area contributed by atoms with Crippen molar-refractivity contribution in [3.63, 3.8) is 0 Å². The van der Waals surface area contributed by atoms with Crippen LogP contribution in [-0.2, 0) is 11.3 Å². The molecule has 1 aromatic heterocycles. The van der Waals surface area contributed by atoms with Gasteiger partial charge in [-0.2, -0.15) is 5.10 Å². The van der Waals surface area contributed by atoms with Gasteiger partial charge < -0.3 is 5.32 Å². The Morgan fingerprint density at radius 1 is 1.24 bits per heavy atom. The van der Waals surface area contributed by atoms with Crippen molar-refractivity contribution < 1.29 is 14.5 Å². The first-order valence-corrected chi connectivity index (χ1v) is 7.40. The van der Waals surface area contributed by atoms with E-state index in [1.54, 1.807) is 20.8 Å². The van der Waals surface area contributed by atoms with E-state index in [4.69, 9.17) is 0 Å². The van der Waals surface area contributed by atoms with E-state index in [1.165, 1.54) is 35.3 Å². The lowest BCUT2D eigenvalue weighted by atomic mass is 10.1. The Labute approximate surface area is 143 Å². The Bertz CT molecular complexity index is 791. The number of imide groups is 1. The van der Waals surface area contributed by atoms with Crippen LogP contribution in [0, 0.1) is 10.1 Å². The number of nitro groups is 1. The molecule has 0 atom stereocenters. The van der Waals surface area contributed by atoms with E-state index in [1.807, 2.05) is 0 Å². The van der Waals surface area contributed by atoms with Crippen LogP contribution in [0.4, 0.5) is 10.5 Å². The molecule has 10 heteroatoms. The zero-order chi connectivity index (χ0) is 18.6. The van der Waals surface area contributed by atoms with Crippen LogP contribution in [0.25, 0.3) is 11.4 Å². The molecule has 10 nitrogen and oxygen atoms in total. The highest BCUT2D eigenvalue weighted by molar-refractivity contribution is 5.94. The van der Waals surface area contributed by atoms with E-state index in [0.29, 0.717) is 11.4 Å². The molecule has 0 bridgehead atoms. The number of nitro benzene ring substituents is 1. The molecular weight excluding hydrogens is 328 g/mol. The molecule has 2 aromatic rings. The minimum atomic E-state index is -0.590. The number of benzene rings is 1. The van der Waals surface area contributed by atoms with Crippen molar-refractivity contribution in [3.05, 3.63) is 40.7 Å². The topological polar surface area (TPSA) is 132 Å². The first-order chi connectivity index (χ1) is 11.6. The van der Waals surface area contributed by atoms with E-state index >= 15 is 0 Å². The van der Waals surface area contributed by atoms with Gasteiger partial charge in [0.15, 0.2) is 5.82 Å². The standard InChI is InChI=1S/C15H18N6O4/c1-15(2,3)18-14(23)17-12(22)8-20-9-16-13(19-20)10-4-6-11(7-5-10)21(24)25/h4-7,9H,8H2,1-3H3,(H2,17,18,22,23). The van der Waals surface area contributed by atoms with Crippen molar-refractivity contribution in [1.82, 2.24) is 25.4 Å². The molecule has 0 aliphatic heterocycles. The van der Waals surface area contributed by atoms with E-state index < -0.39 is 22.4 Å². The third-order valence-electron chi connectivity index (χ3n) is 2.92. The summed E-state index contributed by atoms with van der Waals surface area (Å²) in [7, 11) is 0. The Balaban J connectivity index is 1.98. The molecule has 1 aromatic carbocycles. The summed E-state index contributed by atoms with van der Waals surface area (Å²) >= 11 is 0. The highest BCUT2D eigenvalue weighted by Crippen LogP contribution is 2.18. The van der Waals surface area contributed by atoms with Crippen molar-refractivity contribution in [1.29, 1.82) is 0 Å². The van der Waals surface area contributed by atoms with Crippen molar-refractivity contribution in [3.8, 4) is 11.4 Å². The zero-order valence-electron chi connectivity index (χ0n) is 14.0. The van der Waals surface area contributed by atoms with E-state index in [2.05, 4.69) is 20.7 Å². The van der Waals surface area contributed by atoms with Crippen LogP contribution < -0.4 is 10.6 Å². The third-order valence-corrected chi connectivity index (χ3v) is 2.92. The van der Waals surface area contributed by atoms with Gasteiger partial charge in [0.1, 0.15) is 12.9 Å². The average molecular weight is 346 g/mol. The number of rotatable bonds is 4. The van der Waals surface area contributed by atoms with Crippen LogP contribution >= 0.6 is 0 Å². The van der Waals surface area contributed by atoms with E-state index in [0.717, 1.165) is 0 Å². The largest absolute Gasteiger partial charge is 0.333 e. The Morgan fingerprint density at radius 2 is 1.88 bits per heavy atom. The van der Waals surface area contributed by atoms with Crippen molar-refractivity contribution in [2.45, 2.75) is 32.9 Å². The smallest absolute Gasteiger partial charge is 0.321 e. The molecule has 0 radical (unpaired) electrons. The predicted molar refractivity (Wildman–Crippen MR) is 88.5 cm³/mol. The minimum Gasteiger partial charge on any atom is -0.333 e. The molecule has 0 aliphatic carbocycles. The van der Waals surface area contributed by atoms with E-state index in [9.17, 15) is 19.7 Å². The fraction of sp³-hybridized carbons (Fsp3) is 0.333. The van der Waals surface area contributed by atoms with Gasteiger partial charge in [-0.25, -0.2) is 14.5 Å². The van der Waals surface area contributed by atoms with Crippen LogP contribution in [-0.4, -0.2) is 37.2 Å². The number of urea groups is 1. The van der Waals surface area contributed by atoms with E-state index in [-0.39, 0.29) is 12.2 Å². The molecule has 132 valence electrons. The summed E-state index contributed by atoms with van der Waals surface area (Å²) in [4.78, 5) is 37.7. The third kappa shape index (κ3) is 5.37. The maximum atomic E-state index is 11.8. The van der Waals surface area contributed by atoms with Crippen LogP contribution in [0.3, 0.4) is 0 Å². The predicted octanol–water partition coefficient (Wildman–Crippen LogP) is 1.48. The van der Waals surface area contributed by atoms with Crippen molar-refractivity contribution in [2.24, 2.45) is 0 Å². The molecule has 0 saturated carbocycles. The van der Waals surface area contributed by atoms with Gasteiger partial charge in [0.05, 0.1) is 4.92 Å². The first-order valence-electron chi connectivity index (χ1n) is 7.40. The summed E-state index contributed by atoms with van der Waals surface area (Å²) in [5.41, 5.74) is 0.0865. The quantitative estimate of drug-likeness (QED) is 0.636. The molecule has 3 amide bonds. The molecule has 0 fully saturated rings. The minimum absolute atomic E-state index is 0.0348. The summed E-state index contributed by atoms with van der Waals surface area (Å²) in [5, 5.41) is 19.6. The Hall–Kier alpha value is -3.30. The summed E-state index contributed by atoms with van der Waals surface area (Å²) in [5.74, 6) is -0.219. The highest BCUT2D eigenvalue weighted by Gasteiger charge is 2.16.